The highest BCUT2D eigenvalue weighted by Crippen LogP contribution is 2.25. The van der Waals surface area contributed by atoms with Gasteiger partial charge in [0.2, 0.25) is 10.0 Å². The van der Waals surface area contributed by atoms with Crippen LogP contribution in [0, 0.1) is 12.7 Å². The topological polar surface area (TPSA) is 102 Å². The molecule has 1 N–H and O–H groups in total. The predicted octanol–water partition coefficient (Wildman–Crippen LogP) is 2.87. The van der Waals surface area contributed by atoms with Crippen molar-refractivity contribution in [2.24, 2.45) is 0 Å². The standard InChI is InChI=1S/C22H25FN2O6S/c1-16-8-9-19(32(28,29)25-10-3-2-4-11-25)13-20(16)24-21(26)14-31-22(27)15-30-18-7-5-6-17(23)12-18/h5-9,12-13H,2-4,10-11,14-15H2,1H3,(H,24,26). The van der Waals surface area contributed by atoms with Gasteiger partial charge in [0.15, 0.2) is 13.2 Å². The second kappa shape index (κ2) is 10.6. The maximum absolute atomic E-state index is 13.1. The van der Waals surface area contributed by atoms with E-state index in [1.165, 1.54) is 34.6 Å². The van der Waals surface area contributed by atoms with Crippen LogP contribution in [0.15, 0.2) is 47.4 Å². The van der Waals surface area contributed by atoms with Crippen LogP contribution >= 0.6 is 0 Å². The number of amides is 1. The highest BCUT2D eigenvalue weighted by Gasteiger charge is 2.26. The van der Waals surface area contributed by atoms with Crippen LogP contribution < -0.4 is 10.1 Å². The first kappa shape index (κ1) is 23.7. The van der Waals surface area contributed by atoms with Gasteiger partial charge in [-0.1, -0.05) is 18.6 Å². The number of esters is 1. The number of rotatable bonds is 8. The molecule has 2 aromatic rings. The molecule has 2 aromatic carbocycles. The van der Waals surface area contributed by atoms with Gasteiger partial charge < -0.3 is 14.8 Å². The Balaban J connectivity index is 1.55. The molecule has 1 amide bonds. The second-order valence-corrected chi connectivity index (χ2v) is 9.33. The molecule has 1 fully saturated rings. The number of carbonyl (C=O) groups is 2. The van der Waals surface area contributed by atoms with Crippen molar-refractivity contribution in [2.75, 3.05) is 31.6 Å². The SMILES string of the molecule is Cc1ccc(S(=O)(=O)N2CCCCC2)cc1NC(=O)COC(=O)COc1cccc(F)c1. The molecule has 0 atom stereocenters. The minimum atomic E-state index is -3.65. The summed E-state index contributed by atoms with van der Waals surface area (Å²) in [5.41, 5.74) is 0.983. The molecule has 10 heteroatoms. The Morgan fingerprint density at radius 2 is 1.81 bits per heavy atom. The summed E-state index contributed by atoms with van der Waals surface area (Å²) in [4.78, 5) is 24.1. The summed E-state index contributed by atoms with van der Waals surface area (Å²) in [5, 5.41) is 2.57. The summed E-state index contributed by atoms with van der Waals surface area (Å²) in [6.45, 7) is 1.62. The molecule has 0 aliphatic carbocycles. The second-order valence-electron chi connectivity index (χ2n) is 7.40. The molecule has 1 aliphatic heterocycles. The van der Waals surface area contributed by atoms with Crippen LogP contribution in [0.3, 0.4) is 0 Å². The van der Waals surface area contributed by atoms with Crippen molar-refractivity contribution >= 4 is 27.6 Å². The minimum Gasteiger partial charge on any atom is -0.482 e. The lowest BCUT2D eigenvalue weighted by Gasteiger charge is -2.26. The van der Waals surface area contributed by atoms with Gasteiger partial charge in [0.1, 0.15) is 11.6 Å². The van der Waals surface area contributed by atoms with Crippen molar-refractivity contribution in [3.63, 3.8) is 0 Å². The third-order valence-corrected chi connectivity index (χ3v) is 6.85. The number of halogens is 1. The maximum Gasteiger partial charge on any atom is 0.344 e. The van der Waals surface area contributed by atoms with Crippen molar-refractivity contribution in [1.29, 1.82) is 0 Å². The van der Waals surface area contributed by atoms with Crippen LogP contribution in [0.5, 0.6) is 5.75 Å². The first-order chi connectivity index (χ1) is 15.3. The summed E-state index contributed by atoms with van der Waals surface area (Å²) < 4.78 is 50.3. The fraction of sp³-hybridized carbons (Fsp3) is 0.364. The van der Waals surface area contributed by atoms with Gasteiger partial charge in [-0.3, -0.25) is 4.79 Å². The molecule has 0 aromatic heterocycles. The molecule has 32 heavy (non-hydrogen) atoms. The summed E-state index contributed by atoms with van der Waals surface area (Å²) in [6.07, 6.45) is 2.65. The Labute approximate surface area is 186 Å². The maximum atomic E-state index is 13.1. The van der Waals surface area contributed by atoms with Crippen molar-refractivity contribution in [1.82, 2.24) is 4.31 Å². The zero-order valence-corrected chi connectivity index (χ0v) is 18.5. The van der Waals surface area contributed by atoms with Gasteiger partial charge in [-0.2, -0.15) is 4.31 Å². The zero-order chi connectivity index (χ0) is 23.1. The van der Waals surface area contributed by atoms with Crippen LogP contribution in [0.2, 0.25) is 0 Å². The number of nitrogens with one attached hydrogen (secondary N) is 1. The Kier molecular flexibility index (Phi) is 7.81. The molecule has 1 heterocycles. The molecule has 1 saturated heterocycles. The molecule has 0 saturated carbocycles. The fourth-order valence-corrected chi connectivity index (χ4v) is 4.77. The van der Waals surface area contributed by atoms with Gasteiger partial charge in [0.25, 0.3) is 5.91 Å². The molecule has 172 valence electrons. The molecule has 0 spiro atoms. The Morgan fingerprint density at radius 3 is 2.53 bits per heavy atom. The number of anilines is 1. The van der Waals surface area contributed by atoms with Crippen LogP contribution in [0.4, 0.5) is 10.1 Å². The summed E-state index contributed by atoms with van der Waals surface area (Å²) in [7, 11) is -3.65. The van der Waals surface area contributed by atoms with Crippen molar-refractivity contribution in [3.8, 4) is 5.75 Å². The molecule has 1 aliphatic rings. The number of ether oxygens (including phenoxy) is 2. The van der Waals surface area contributed by atoms with E-state index in [0.717, 1.165) is 25.3 Å². The highest BCUT2D eigenvalue weighted by molar-refractivity contribution is 7.89. The average Bonchev–Trinajstić information content (AvgIpc) is 2.78. The van der Waals surface area contributed by atoms with E-state index < -0.39 is 40.9 Å². The Bertz CT molecular complexity index is 1080. The Morgan fingerprint density at radius 1 is 1.06 bits per heavy atom. The predicted molar refractivity (Wildman–Crippen MR) is 115 cm³/mol. The van der Waals surface area contributed by atoms with Gasteiger partial charge in [0.05, 0.1) is 4.90 Å². The van der Waals surface area contributed by atoms with E-state index in [4.69, 9.17) is 9.47 Å². The van der Waals surface area contributed by atoms with Crippen molar-refractivity contribution in [3.05, 3.63) is 53.8 Å². The van der Waals surface area contributed by atoms with E-state index in [1.54, 1.807) is 13.0 Å². The van der Waals surface area contributed by atoms with Gasteiger partial charge in [-0.15, -0.1) is 0 Å². The highest BCUT2D eigenvalue weighted by atomic mass is 32.2. The number of piperidine rings is 1. The lowest BCUT2D eigenvalue weighted by molar-refractivity contribution is -0.149. The lowest BCUT2D eigenvalue weighted by atomic mass is 10.2. The van der Waals surface area contributed by atoms with Crippen molar-refractivity contribution < 1.29 is 31.9 Å². The molecule has 0 bridgehead atoms. The van der Waals surface area contributed by atoms with E-state index >= 15 is 0 Å². The lowest BCUT2D eigenvalue weighted by Crippen LogP contribution is -2.35. The monoisotopic (exact) mass is 464 g/mol. The number of benzene rings is 2. The third-order valence-electron chi connectivity index (χ3n) is 4.95. The third kappa shape index (κ3) is 6.27. The van der Waals surface area contributed by atoms with Crippen LogP contribution in [0.25, 0.3) is 0 Å². The largest absolute Gasteiger partial charge is 0.482 e. The van der Waals surface area contributed by atoms with Crippen molar-refractivity contribution in [2.45, 2.75) is 31.1 Å². The van der Waals surface area contributed by atoms with Crippen LogP contribution in [-0.2, 0) is 24.3 Å². The number of hydrogen-bond acceptors (Lipinski definition) is 6. The number of nitrogens with zero attached hydrogens (tertiary/aromatic N) is 1. The van der Waals surface area contributed by atoms with E-state index in [-0.39, 0.29) is 10.6 Å². The van der Waals surface area contributed by atoms with E-state index in [9.17, 15) is 22.4 Å². The number of carbonyl (C=O) groups excluding carboxylic acids is 2. The molecule has 0 unspecified atom stereocenters. The summed E-state index contributed by atoms with van der Waals surface area (Å²) in [6, 6.07) is 9.82. The van der Waals surface area contributed by atoms with Gasteiger partial charge in [-0.25, -0.2) is 17.6 Å². The molecule has 0 radical (unpaired) electrons. The molecule has 3 rings (SSSR count). The summed E-state index contributed by atoms with van der Waals surface area (Å²) >= 11 is 0. The van der Waals surface area contributed by atoms with E-state index in [2.05, 4.69) is 5.32 Å². The quantitative estimate of drug-likeness (QED) is 0.603. The minimum absolute atomic E-state index is 0.0980. The molecule has 8 nitrogen and oxygen atoms in total. The first-order valence-electron chi connectivity index (χ1n) is 10.2. The van der Waals surface area contributed by atoms with E-state index in [1.807, 2.05) is 0 Å². The fourth-order valence-electron chi connectivity index (χ4n) is 3.22. The van der Waals surface area contributed by atoms with Gasteiger partial charge in [-0.05, 0) is 49.6 Å². The normalized spacial score (nSPS) is 14.6. The Hall–Kier alpha value is -2.98. The van der Waals surface area contributed by atoms with E-state index in [0.29, 0.717) is 24.3 Å². The average molecular weight is 465 g/mol. The van der Waals surface area contributed by atoms with Crippen LogP contribution in [-0.4, -0.2) is 50.9 Å². The van der Waals surface area contributed by atoms with Crippen LogP contribution in [0.1, 0.15) is 24.8 Å². The molecular formula is C22H25FN2O6S. The zero-order valence-electron chi connectivity index (χ0n) is 17.7. The number of aryl methyl sites for hydroxylation is 1. The summed E-state index contributed by atoms with van der Waals surface area (Å²) in [5.74, 6) is -1.77. The number of sulfonamides is 1. The first-order valence-corrected chi connectivity index (χ1v) is 11.6. The van der Waals surface area contributed by atoms with Gasteiger partial charge in [0, 0.05) is 24.8 Å². The van der Waals surface area contributed by atoms with Gasteiger partial charge >= 0.3 is 5.97 Å². The molecular weight excluding hydrogens is 439 g/mol. The number of hydrogen-bond donors (Lipinski definition) is 1. The smallest absolute Gasteiger partial charge is 0.344 e.